The van der Waals surface area contributed by atoms with Gasteiger partial charge >= 0.3 is 6.09 Å². The summed E-state index contributed by atoms with van der Waals surface area (Å²) in [5, 5.41) is 12.3. The zero-order valence-corrected chi connectivity index (χ0v) is 12.1. The van der Waals surface area contributed by atoms with Crippen LogP contribution in [0.1, 0.15) is 30.5 Å². The molecule has 0 heterocycles. The largest absolute Gasteiger partial charge is 0.417 e. The highest BCUT2D eigenvalue weighted by molar-refractivity contribution is 5.70. The van der Waals surface area contributed by atoms with Crippen molar-refractivity contribution in [1.29, 1.82) is 0 Å². The van der Waals surface area contributed by atoms with E-state index >= 15 is 0 Å². The second-order valence-corrected chi connectivity index (χ2v) is 4.90. The number of ether oxygens (including phenoxy) is 1. The van der Waals surface area contributed by atoms with E-state index in [-0.39, 0.29) is 12.8 Å². The van der Waals surface area contributed by atoms with Crippen LogP contribution in [0, 0.1) is 12.3 Å². The van der Waals surface area contributed by atoms with Gasteiger partial charge in [-0.05, 0) is 43.0 Å². The standard InChI is InChI=1S/C16H20N2O3/c1-3-9-17-15-8-5-12-10-13(6-7-14(12)15)21-16(20)18(4-2)11-19/h1,6-7,10,15,17,19H,4-5,8-9,11H2,2H3. The molecule has 1 aliphatic rings. The van der Waals surface area contributed by atoms with E-state index in [0.29, 0.717) is 18.8 Å². The van der Waals surface area contributed by atoms with Gasteiger partial charge in [0.15, 0.2) is 0 Å². The topological polar surface area (TPSA) is 61.8 Å². The smallest absolute Gasteiger partial charge is 0.410 e. The minimum atomic E-state index is -0.542. The highest BCUT2D eigenvalue weighted by Gasteiger charge is 2.22. The normalized spacial score (nSPS) is 16.1. The number of amides is 1. The number of benzene rings is 1. The third-order valence-electron chi connectivity index (χ3n) is 3.66. The van der Waals surface area contributed by atoms with Crippen molar-refractivity contribution in [2.24, 2.45) is 0 Å². The van der Waals surface area contributed by atoms with Gasteiger partial charge in [-0.25, -0.2) is 4.79 Å². The van der Waals surface area contributed by atoms with Gasteiger partial charge in [0.25, 0.3) is 0 Å². The van der Waals surface area contributed by atoms with Crippen molar-refractivity contribution < 1.29 is 14.6 Å². The molecule has 0 bridgehead atoms. The lowest BCUT2D eigenvalue weighted by Crippen LogP contribution is -2.34. The van der Waals surface area contributed by atoms with E-state index in [4.69, 9.17) is 16.3 Å². The molecule has 2 rings (SSSR count). The lowest BCUT2D eigenvalue weighted by Gasteiger charge is -2.17. The highest BCUT2D eigenvalue weighted by Crippen LogP contribution is 2.33. The number of hydrogen-bond donors (Lipinski definition) is 2. The number of carbonyl (C=O) groups is 1. The third kappa shape index (κ3) is 3.54. The summed E-state index contributed by atoms with van der Waals surface area (Å²) in [5.74, 6) is 3.08. The Labute approximate surface area is 124 Å². The van der Waals surface area contributed by atoms with E-state index in [1.165, 1.54) is 16.0 Å². The fourth-order valence-electron chi connectivity index (χ4n) is 2.50. The Bertz CT molecular complexity index is 547. The van der Waals surface area contributed by atoms with Crippen molar-refractivity contribution in [3.8, 4) is 18.1 Å². The van der Waals surface area contributed by atoms with Crippen molar-refractivity contribution in [2.45, 2.75) is 25.8 Å². The monoisotopic (exact) mass is 288 g/mol. The van der Waals surface area contributed by atoms with Gasteiger partial charge in [-0.1, -0.05) is 12.0 Å². The summed E-state index contributed by atoms with van der Waals surface area (Å²) in [4.78, 5) is 13.0. The fourth-order valence-corrected chi connectivity index (χ4v) is 2.50. The number of fused-ring (bicyclic) bond motifs is 1. The van der Waals surface area contributed by atoms with E-state index in [0.717, 1.165) is 12.8 Å². The molecule has 0 spiro atoms. The number of carbonyl (C=O) groups excluding carboxylic acids is 1. The zero-order chi connectivity index (χ0) is 15.2. The zero-order valence-electron chi connectivity index (χ0n) is 12.1. The molecule has 2 N–H and O–H groups in total. The highest BCUT2D eigenvalue weighted by atomic mass is 16.6. The maximum absolute atomic E-state index is 11.8. The summed E-state index contributed by atoms with van der Waals surface area (Å²) in [5.41, 5.74) is 2.38. The number of hydrogen-bond acceptors (Lipinski definition) is 4. The molecular formula is C16H20N2O3. The van der Waals surface area contributed by atoms with Gasteiger partial charge in [0.2, 0.25) is 0 Å². The van der Waals surface area contributed by atoms with Crippen LogP contribution in [0.5, 0.6) is 5.75 Å². The molecule has 1 atom stereocenters. The van der Waals surface area contributed by atoms with E-state index in [1.54, 1.807) is 13.0 Å². The maximum Gasteiger partial charge on any atom is 0.417 e. The Morgan fingerprint density at radius 2 is 2.43 bits per heavy atom. The molecule has 5 nitrogen and oxygen atoms in total. The molecule has 1 amide bonds. The Kier molecular flexibility index (Phi) is 5.20. The van der Waals surface area contributed by atoms with E-state index in [1.807, 2.05) is 12.1 Å². The molecule has 0 aliphatic heterocycles. The van der Waals surface area contributed by atoms with Gasteiger partial charge in [0.1, 0.15) is 12.5 Å². The quantitative estimate of drug-likeness (QED) is 0.639. The van der Waals surface area contributed by atoms with E-state index < -0.39 is 6.09 Å². The Morgan fingerprint density at radius 1 is 1.62 bits per heavy atom. The van der Waals surface area contributed by atoms with Crippen LogP contribution < -0.4 is 10.1 Å². The molecule has 112 valence electrons. The first kappa shape index (κ1) is 15.4. The lowest BCUT2D eigenvalue weighted by molar-refractivity contribution is 0.0973. The number of terminal acetylenes is 1. The molecule has 1 unspecified atom stereocenters. The van der Waals surface area contributed by atoms with Crippen LogP contribution in [0.4, 0.5) is 4.79 Å². The first-order valence-electron chi connectivity index (χ1n) is 7.06. The third-order valence-corrected chi connectivity index (χ3v) is 3.66. The molecular weight excluding hydrogens is 268 g/mol. The average molecular weight is 288 g/mol. The molecule has 0 saturated heterocycles. The van der Waals surface area contributed by atoms with Crippen LogP contribution in [-0.4, -0.2) is 35.9 Å². The fraction of sp³-hybridized carbons (Fsp3) is 0.438. The van der Waals surface area contributed by atoms with Gasteiger partial charge in [-0.2, -0.15) is 0 Å². The van der Waals surface area contributed by atoms with Crippen LogP contribution in [0.15, 0.2) is 18.2 Å². The molecule has 21 heavy (non-hydrogen) atoms. The van der Waals surface area contributed by atoms with Crippen molar-refractivity contribution in [1.82, 2.24) is 10.2 Å². The molecule has 1 aromatic carbocycles. The molecule has 0 aromatic heterocycles. The molecule has 0 radical (unpaired) electrons. The summed E-state index contributed by atoms with van der Waals surface area (Å²) in [6, 6.07) is 5.90. The Balaban J connectivity index is 2.06. The van der Waals surface area contributed by atoms with Crippen molar-refractivity contribution in [2.75, 3.05) is 19.8 Å². The van der Waals surface area contributed by atoms with Gasteiger partial charge < -0.3 is 9.84 Å². The van der Waals surface area contributed by atoms with Gasteiger partial charge in [-0.15, -0.1) is 6.42 Å². The molecule has 1 aromatic rings. The predicted molar refractivity (Wildman–Crippen MR) is 79.8 cm³/mol. The van der Waals surface area contributed by atoms with Crippen LogP contribution in [0.2, 0.25) is 0 Å². The summed E-state index contributed by atoms with van der Waals surface area (Å²) in [6.45, 7) is 2.38. The SMILES string of the molecule is C#CCNC1CCc2cc(OC(=O)N(CC)CO)ccc21. The van der Waals surface area contributed by atoms with Crippen molar-refractivity contribution in [3.05, 3.63) is 29.3 Å². The number of rotatable bonds is 5. The van der Waals surface area contributed by atoms with Gasteiger partial charge in [0.05, 0.1) is 6.54 Å². The second kappa shape index (κ2) is 7.11. The summed E-state index contributed by atoms with van der Waals surface area (Å²) < 4.78 is 5.27. The number of aliphatic hydroxyl groups excluding tert-OH is 1. The van der Waals surface area contributed by atoms with E-state index in [9.17, 15) is 4.79 Å². The number of nitrogens with zero attached hydrogens (tertiary/aromatic N) is 1. The summed E-state index contributed by atoms with van der Waals surface area (Å²) >= 11 is 0. The van der Waals surface area contributed by atoms with Crippen molar-refractivity contribution in [3.63, 3.8) is 0 Å². The van der Waals surface area contributed by atoms with Gasteiger partial charge in [0, 0.05) is 12.6 Å². The number of aryl methyl sites for hydroxylation is 1. The average Bonchev–Trinajstić information content (AvgIpc) is 2.88. The molecule has 1 aliphatic carbocycles. The first-order chi connectivity index (χ1) is 10.2. The van der Waals surface area contributed by atoms with Crippen LogP contribution in [0.25, 0.3) is 0 Å². The van der Waals surface area contributed by atoms with Gasteiger partial charge in [-0.3, -0.25) is 10.2 Å². The first-order valence-corrected chi connectivity index (χ1v) is 7.06. The number of nitrogens with one attached hydrogen (secondary N) is 1. The van der Waals surface area contributed by atoms with Crippen LogP contribution >= 0.6 is 0 Å². The molecule has 0 fully saturated rings. The summed E-state index contributed by atoms with van der Waals surface area (Å²) in [7, 11) is 0. The summed E-state index contributed by atoms with van der Waals surface area (Å²) in [6.07, 6.45) is 6.65. The minimum absolute atomic E-state index is 0.269. The Hall–Kier alpha value is -2.03. The lowest BCUT2D eigenvalue weighted by atomic mass is 10.1. The van der Waals surface area contributed by atoms with Crippen LogP contribution in [0.3, 0.4) is 0 Å². The number of aliphatic hydroxyl groups is 1. The minimum Gasteiger partial charge on any atom is -0.410 e. The van der Waals surface area contributed by atoms with Crippen LogP contribution in [-0.2, 0) is 6.42 Å². The second-order valence-electron chi connectivity index (χ2n) is 4.90. The predicted octanol–water partition coefficient (Wildman–Crippen LogP) is 1.67. The Morgan fingerprint density at radius 3 is 3.10 bits per heavy atom. The molecule has 0 saturated carbocycles. The molecule has 5 heteroatoms. The van der Waals surface area contributed by atoms with Crippen molar-refractivity contribution >= 4 is 6.09 Å². The maximum atomic E-state index is 11.8. The van der Waals surface area contributed by atoms with E-state index in [2.05, 4.69) is 11.2 Å².